The summed E-state index contributed by atoms with van der Waals surface area (Å²) in [5.74, 6) is 0.953. The van der Waals surface area contributed by atoms with Gasteiger partial charge in [-0.05, 0) is 53.9 Å². The first-order valence-electron chi connectivity index (χ1n) is 13.4. The van der Waals surface area contributed by atoms with Crippen molar-refractivity contribution in [1.29, 1.82) is 0 Å². The summed E-state index contributed by atoms with van der Waals surface area (Å²) in [5, 5.41) is 2.61. The zero-order chi connectivity index (χ0) is 26.7. The van der Waals surface area contributed by atoms with Gasteiger partial charge >= 0.3 is 0 Å². The number of para-hydroxylation sites is 1. The van der Waals surface area contributed by atoms with Gasteiger partial charge in [-0.2, -0.15) is 0 Å². The fourth-order valence-electron chi connectivity index (χ4n) is 5.61. The number of imidazole rings is 1. The monoisotopic (exact) mass is 523 g/mol. The van der Waals surface area contributed by atoms with Crippen molar-refractivity contribution in [2.45, 2.75) is 33.1 Å². The molecule has 0 aliphatic rings. The van der Waals surface area contributed by atoms with Crippen LogP contribution in [0.1, 0.15) is 32.0 Å². The molecular formula is C35H29N3S. The molecule has 0 bridgehead atoms. The predicted octanol–water partition coefficient (Wildman–Crippen LogP) is 9.73. The minimum Gasteiger partial charge on any atom is -0.290 e. The largest absolute Gasteiger partial charge is 0.290 e. The molecule has 190 valence electrons. The highest BCUT2D eigenvalue weighted by Crippen LogP contribution is 2.44. The molecule has 0 spiro atoms. The molecule has 0 unspecified atom stereocenters. The van der Waals surface area contributed by atoms with Crippen LogP contribution in [-0.4, -0.2) is 14.5 Å². The first-order valence-corrected chi connectivity index (χ1v) is 14.2. The average Bonchev–Trinajstić information content (AvgIpc) is 3.52. The summed E-state index contributed by atoms with van der Waals surface area (Å²) in [4.78, 5) is 10.1. The van der Waals surface area contributed by atoms with Gasteiger partial charge in [0.2, 0.25) is 0 Å². The van der Waals surface area contributed by atoms with Gasteiger partial charge < -0.3 is 0 Å². The van der Waals surface area contributed by atoms with Crippen molar-refractivity contribution in [1.82, 2.24) is 14.5 Å². The molecule has 0 aliphatic carbocycles. The van der Waals surface area contributed by atoms with Crippen LogP contribution in [0.2, 0.25) is 0 Å². The molecule has 4 heteroatoms. The Kier molecular flexibility index (Phi) is 5.43. The van der Waals surface area contributed by atoms with Crippen molar-refractivity contribution in [3.63, 3.8) is 0 Å². The smallest absolute Gasteiger partial charge is 0.147 e. The number of pyridine rings is 1. The zero-order valence-corrected chi connectivity index (χ0v) is 23.4. The summed E-state index contributed by atoms with van der Waals surface area (Å²) in [7, 11) is 0. The highest BCUT2D eigenvalue weighted by Gasteiger charge is 2.26. The maximum absolute atomic E-state index is 5.28. The van der Waals surface area contributed by atoms with E-state index >= 15 is 0 Å². The van der Waals surface area contributed by atoms with Crippen molar-refractivity contribution in [3.05, 3.63) is 115 Å². The van der Waals surface area contributed by atoms with Gasteiger partial charge in [0.25, 0.3) is 0 Å². The number of aromatic nitrogens is 3. The fraction of sp³-hybridized carbons (Fsp3) is 0.143. The summed E-state index contributed by atoms with van der Waals surface area (Å²) < 4.78 is 4.88. The number of rotatable bonds is 3. The lowest BCUT2D eigenvalue weighted by atomic mass is 9.90. The Hall–Kier alpha value is -4.28. The molecule has 0 saturated heterocycles. The van der Waals surface area contributed by atoms with Crippen molar-refractivity contribution < 1.29 is 0 Å². The quantitative estimate of drug-likeness (QED) is 0.231. The van der Waals surface area contributed by atoms with Gasteiger partial charge in [-0.25, -0.2) is 4.98 Å². The SMILES string of the molecule is Cc1ccc(-c2nc3ccnc(C(C)(C)C)c3n2-c2ccccc2)c2sc3cc(-c4ccccc4)ccc3c12. The van der Waals surface area contributed by atoms with E-state index in [2.05, 4.69) is 123 Å². The number of nitrogens with zero attached hydrogens (tertiary/aromatic N) is 3. The van der Waals surface area contributed by atoms with Gasteiger partial charge in [-0.15, -0.1) is 11.3 Å². The standard InChI is InChI=1S/C35H29N3S/c1-22-15-17-27(32-30(22)26-18-16-24(21-29(26)39-32)23-11-7-5-8-12-23)34-37-28-19-20-36-33(35(2,3)4)31(28)38(34)25-13-9-6-10-14-25/h5-21H,1-4H3. The van der Waals surface area contributed by atoms with E-state index in [1.807, 2.05) is 23.6 Å². The van der Waals surface area contributed by atoms with Crippen LogP contribution >= 0.6 is 11.3 Å². The van der Waals surface area contributed by atoms with E-state index < -0.39 is 0 Å². The predicted molar refractivity (Wildman–Crippen MR) is 166 cm³/mol. The van der Waals surface area contributed by atoms with Crippen molar-refractivity contribution in [3.8, 4) is 28.2 Å². The summed E-state index contributed by atoms with van der Waals surface area (Å²) >= 11 is 1.86. The number of thiophene rings is 1. The van der Waals surface area contributed by atoms with Gasteiger partial charge in [-0.3, -0.25) is 9.55 Å². The summed E-state index contributed by atoms with van der Waals surface area (Å²) in [6.07, 6.45) is 1.89. The molecule has 7 aromatic rings. The van der Waals surface area contributed by atoms with Crippen LogP contribution in [-0.2, 0) is 5.41 Å². The first kappa shape index (κ1) is 23.8. The van der Waals surface area contributed by atoms with E-state index in [0.29, 0.717) is 0 Å². The minimum atomic E-state index is -0.128. The van der Waals surface area contributed by atoms with Crippen molar-refractivity contribution in [2.24, 2.45) is 0 Å². The zero-order valence-electron chi connectivity index (χ0n) is 22.6. The van der Waals surface area contributed by atoms with Gasteiger partial charge in [0.1, 0.15) is 5.82 Å². The topological polar surface area (TPSA) is 30.7 Å². The molecule has 0 amide bonds. The lowest BCUT2D eigenvalue weighted by Crippen LogP contribution is -2.15. The van der Waals surface area contributed by atoms with E-state index in [9.17, 15) is 0 Å². The molecule has 3 nitrogen and oxygen atoms in total. The molecule has 39 heavy (non-hydrogen) atoms. The Morgan fingerprint density at radius 2 is 1.51 bits per heavy atom. The molecule has 0 atom stereocenters. The third-order valence-electron chi connectivity index (χ3n) is 7.47. The molecular weight excluding hydrogens is 494 g/mol. The molecule has 0 fully saturated rings. The Morgan fingerprint density at radius 3 is 2.26 bits per heavy atom. The third-order valence-corrected chi connectivity index (χ3v) is 8.65. The number of aryl methyl sites for hydroxylation is 1. The highest BCUT2D eigenvalue weighted by atomic mass is 32.1. The maximum Gasteiger partial charge on any atom is 0.147 e. The van der Waals surface area contributed by atoms with Crippen LogP contribution in [0.4, 0.5) is 0 Å². The van der Waals surface area contributed by atoms with Gasteiger partial charge in [0.15, 0.2) is 0 Å². The van der Waals surface area contributed by atoms with E-state index in [1.54, 1.807) is 0 Å². The fourth-order valence-corrected chi connectivity index (χ4v) is 6.94. The molecule has 3 heterocycles. The Balaban J connectivity index is 1.55. The molecule has 0 N–H and O–H groups in total. The first-order chi connectivity index (χ1) is 18.9. The molecule has 3 aromatic heterocycles. The molecule has 0 saturated carbocycles. The Labute approximate surface area is 232 Å². The average molecular weight is 524 g/mol. The lowest BCUT2D eigenvalue weighted by molar-refractivity contribution is 0.573. The second-order valence-electron chi connectivity index (χ2n) is 11.2. The molecule has 0 radical (unpaired) electrons. The third kappa shape index (κ3) is 3.86. The van der Waals surface area contributed by atoms with E-state index in [1.165, 1.54) is 36.9 Å². The summed E-state index contributed by atoms with van der Waals surface area (Å²) in [5.41, 5.74) is 8.97. The van der Waals surface area contributed by atoms with Gasteiger partial charge in [0, 0.05) is 43.0 Å². The van der Waals surface area contributed by atoms with E-state index in [0.717, 1.165) is 33.8 Å². The van der Waals surface area contributed by atoms with Crippen LogP contribution in [0, 0.1) is 6.92 Å². The number of hydrogen-bond acceptors (Lipinski definition) is 3. The molecule has 7 rings (SSSR count). The second-order valence-corrected chi connectivity index (χ2v) is 12.2. The normalized spacial score (nSPS) is 12.1. The summed E-state index contributed by atoms with van der Waals surface area (Å²) in [6.45, 7) is 8.87. The minimum absolute atomic E-state index is 0.128. The van der Waals surface area contributed by atoms with E-state index in [-0.39, 0.29) is 5.41 Å². The number of fused-ring (bicyclic) bond motifs is 4. The molecule has 4 aromatic carbocycles. The highest BCUT2D eigenvalue weighted by molar-refractivity contribution is 7.26. The van der Waals surface area contributed by atoms with Crippen molar-refractivity contribution >= 4 is 42.5 Å². The molecule has 0 aliphatic heterocycles. The van der Waals surface area contributed by atoms with Crippen LogP contribution in [0.5, 0.6) is 0 Å². The van der Waals surface area contributed by atoms with Gasteiger partial charge in [-0.1, -0.05) is 87.5 Å². The van der Waals surface area contributed by atoms with Gasteiger partial charge in [0.05, 0.1) is 16.7 Å². The van der Waals surface area contributed by atoms with Crippen LogP contribution in [0.25, 0.3) is 59.4 Å². The summed E-state index contributed by atoms with van der Waals surface area (Å²) in [6, 6.07) is 34.6. The Morgan fingerprint density at radius 1 is 0.769 bits per heavy atom. The Bertz CT molecular complexity index is 1990. The van der Waals surface area contributed by atoms with Crippen LogP contribution < -0.4 is 0 Å². The second kappa shape index (κ2) is 8.89. The number of hydrogen-bond donors (Lipinski definition) is 0. The van der Waals surface area contributed by atoms with Crippen molar-refractivity contribution in [2.75, 3.05) is 0 Å². The van der Waals surface area contributed by atoms with E-state index in [4.69, 9.17) is 9.97 Å². The lowest BCUT2D eigenvalue weighted by Gasteiger charge is -2.20. The van der Waals surface area contributed by atoms with Crippen LogP contribution in [0.15, 0.2) is 103 Å². The van der Waals surface area contributed by atoms with Crippen LogP contribution in [0.3, 0.4) is 0 Å². The maximum atomic E-state index is 5.28. The number of benzene rings is 4.